The Balaban J connectivity index is 1.53. The van der Waals surface area contributed by atoms with Crippen molar-refractivity contribution in [3.63, 3.8) is 0 Å². The molecular weight excluding hydrogens is 512 g/mol. The number of esters is 2. The summed E-state index contributed by atoms with van der Waals surface area (Å²) in [4.78, 5) is 36.9. The van der Waals surface area contributed by atoms with E-state index in [4.69, 9.17) is 18.9 Å². The summed E-state index contributed by atoms with van der Waals surface area (Å²) in [5.41, 5.74) is 1.15. The SMILES string of the molecule is C=C(C)C(=O)COc1ccc(C(=O)Oc2ccc(C(=O)Oc3ccc(OCCCCCC)cc3)cc2)cc1CO. The third-order valence-corrected chi connectivity index (χ3v) is 5.90. The predicted molar refractivity (Wildman–Crippen MR) is 150 cm³/mol. The molecule has 3 rings (SSSR count). The molecule has 40 heavy (non-hydrogen) atoms. The molecule has 0 fully saturated rings. The summed E-state index contributed by atoms with van der Waals surface area (Å²) in [5.74, 6) is 0.113. The third kappa shape index (κ3) is 9.10. The van der Waals surface area contributed by atoms with Crippen molar-refractivity contribution in [1.29, 1.82) is 0 Å². The number of hydrogen-bond donors (Lipinski definition) is 1. The first-order valence-corrected chi connectivity index (χ1v) is 13.1. The number of aliphatic hydroxyl groups is 1. The molecule has 0 aromatic heterocycles. The number of ether oxygens (including phenoxy) is 4. The number of hydrogen-bond acceptors (Lipinski definition) is 8. The summed E-state index contributed by atoms with van der Waals surface area (Å²) in [6, 6.07) is 17.2. The maximum atomic E-state index is 12.6. The summed E-state index contributed by atoms with van der Waals surface area (Å²) in [6.45, 7) is 7.34. The fourth-order valence-electron chi connectivity index (χ4n) is 3.55. The van der Waals surface area contributed by atoms with Crippen LogP contribution < -0.4 is 18.9 Å². The molecule has 0 atom stereocenters. The Kier molecular flexibility index (Phi) is 11.5. The number of carbonyl (C=O) groups excluding carboxylic acids is 3. The Labute approximate surface area is 234 Å². The molecule has 8 heteroatoms. The molecule has 0 aliphatic rings. The monoisotopic (exact) mass is 546 g/mol. The summed E-state index contributed by atoms with van der Waals surface area (Å²) < 4.78 is 22.0. The van der Waals surface area contributed by atoms with Gasteiger partial charge in [-0.2, -0.15) is 0 Å². The van der Waals surface area contributed by atoms with Crippen molar-refractivity contribution in [3.05, 3.63) is 95.6 Å². The lowest BCUT2D eigenvalue weighted by Crippen LogP contribution is -2.13. The van der Waals surface area contributed by atoms with Gasteiger partial charge >= 0.3 is 11.9 Å². The normalized spacial score (nSPS) is 10.5. The number of Topliss-reactive ketones (excluding diaryl/α,β-unsaturated/α-hetero) is 1. The van der Waals surface area contributed by atoms with Crippen molar-refractivity contribution in [2.75, 3.05) is 13.2 Å². The largest absolute Gasteiger partial charge is 0.494 e. The molecule has 0 amide bonds. The lowest BCUT2D eigenvalue weighted by Gasteiger charge is -2.11. The Bertz CT molecular complexity index is 1310. The van der Waals surface area contributed by atoms with Crippen LogP contribution in [0.5, 0.6) is 23.0 Å². The summed E-state index contributed by atoms with van der Waals surface area (Å²) in [6.07, 6.45) is 4.50. The minimum atomic E-state index is -0.665. The Hall–Kier alpha value is -4.43. The average Bonchev–Trinajstić information content (AvgIpc) is 2.96. The molecule has 1 N–H and O–H groups in total. The van der Waals surface area contributed by atoms with Gasteiger partial charge in [-0.1, -0.05) is 32.8 Å². The highest BCUT2D eigenvalue weighted by Crippen LogP contribution is 2.23. The third-order valence-electron chi connectivity index (χ3n) is 5.90. The molecule has 0 aliphatic heterocycles. The van der Waals surface area contributed by atoms with Gasteiger partial charge in [0.15, 0.2) is 12.4 Å². The van der Waals surface area contributed by atoms with Crippen molar-refractivity contribution >= 4 is 17.7 Å². The zero-order valence-electron chi connectivity index (χ0n) is 22.8. The first-order valence-electron chi connectivity index (χ1n) is 13.1. The lowest BCUT2D eigenvalue weighted by atomic mass is 10.1. The van der Waals surface area contributed by atoms with Crippen molar-refractivity contribution in [2.24, 2.45) is 0 Å². The smallest absolute Gasteiger partial charge is 0.343 e. The molecule has 0 aliphatic carbocycles. The number of unbranched alkanes of at least 4 members (excludes halogenated alkanes) is 3. The molecule has 0 heterocycles. The molecule has 0 saturated carbocycles. The molecule has 3 aromatic rings. The van der Waals surface area contributed by atoms with Crippen molar-refractivity contribution in [2.45, 2.75) is 46.1 Å². The molecule has 0 bridgehead atoms. The summed E-state index contributed by atoms with van der Waals surface area (Å²) >= 11 is 0. The van der Waals surface area contributed by atoms with E-state index in [1.807, 2.05) is 0 Å². The van der Waals surface area contributed by atoms with E-state index in [-0.39, 0.29) is 35.0 Å². The number of aliphatic hydroxyl groups excluding tert-OH is 1. The first kappa shape index (κ1) is 30.1. The van der Waals surface area contributed by atoms with E-state index >= 15 is 0 Å². The minimum absolute atomic E-state index is 0.180. The van der Waals surface area contributed by atoms with Gasteiger partial charge in [-0.3, -0.25) is 4.79 Å². The minimum Gasteiger partial charge on any atom is -0.494 e. The Morgan fingerprint density at radius 2 is 1.32 bits per heavy atom. The van der Waals surface area contributed by atoms with Gasteiger partial charge in [-0.05, 0) is 85.6 Å². The van der Waals surface area contributed by atoms with Crippen LogP contribution in [-0.2, 0) is 11.4 Å². The molecule has 0 radical (unpaired) electrons. The second-order valence-corrected chi connectivity index (χ2v) is 9.16. The number of ketones is 1. The van der Waals surface area contributed by atoms with E-state index in [9.17, 15) is 19.5 Å². The zero-order chi connectivity index (χ0) is 28.9. The van der Waals surface area contributed by atoms with Crippen LogP contribution in [0.4, 0.5) is 0 Å². The fourth-order valence-corrected chi connectivity index (χ4v) is 3.55. The summed E-state index contributed by atoms with van der Waals surface area (Å²) in [5, 5.41) is 9.67. The van der Waals surface area contributed by atoms with Gasteiger partial charge in [0, 0.05) is 5.56 Å². The van der Waals surface area contributed by atoms with E-state index in [2.05, 4.69) is 13.5 Å². The molecule has 0 spiro atoms. The quantitative estimate of drug-likeness (QED) is 0.105. The Morgan fingerprint density at radius 1 is 0.750 bits per heavy atom. The number of benzene rings is 3. The van der Waals surface area contributed by atoms with Crippen LogP contribution in [0.2, 0.25) is 0 Å². The Morgan fingerprint density at radius 3 is 1.93 bits per heavy atom. The average molecular weight is 547 g/mol. The standard InChI is InChI=1S/C32H34O8/c1-4-5-6-7-18-37-26-13-15-28(16-14-26)39-31(35)23-8-11-27(12-9-23)40-32(36)24-10-17-30(25(19-24)20-33)38-21-29(34)22(2)3/h8-17,19,33H,2,4-7,18,20-21H2,1,3H3. The highest BCUT2D eigenvalue weighted by molar-refractivity contribution is 5.95. The van der Waals surface area contributed by atoms with Gasteiger partial charge < -0.3 is 24.1 Å². The van der Waals surface area contributed by atoms with E-state index in [0.29, 0.717) is 29.2 Å². The summed E-state index contributed by atoms with van der Waals surface area (Å²) in [7, 11) is 0. The van der Waals surface area contributed by atoms with Crippen LogP contribution in [0.3, 0.4) is 0 Å². The lowest BCUT2D eigenvalue weighted by molar-refractivity contribution is -0.117. The van der Waals surface area contributed by atoms with E-state index in [0.717, 1.165) is 12.8 Å². The molecule has 0 unspecified atom stereocenters. The van der Waals surface area contributed by atoms with Crippen molar-refractivity contribution < 1.29 is 38.4 Å². The predicted octanol–water partition coefficient (Wildman–Crippen LogP) is 6.10. The van der Waals surface area contributed by atoms with Gasteiger partial charge in [-0.15, -0.1) is 0 Å². The zero-order valence-corrected chi connectivity index (χ0v) is 22.8. The van der Waals surface area contributed by atoms with Gasteiger partial charge in [0.1, 0.15) is 23.0 Å². The van der Waals surface area contributed by atoms with Crippen LogP contribution in [0.25, 0.3) is 0 Å². The molecule has 8 nitrogen and oxygen atoms in total. The van der Waals surface area contributed by atoms with Gasteiger partial charge in [0.05, 0.1) is 24.3 Å². The van der Waals surface area contributed by atoms with Crippen molar-refractivity contribution in [3.8, 4) is 23.0 Å². The van der Waals surface area contributed by atoms with Crippen LogP contribution in [0.15, 0.2) is 78.9 Å². The molecule has 0 saturated heterocycles. The van der Waals surface area contributed by atoms with Gasteiger partial charge in [-0.25, -0.2) is 9.59 Å². The van der Waals surface area contributed by atoms with Crippen molar-refractivity contribution in [1.82, 2.24) is 0 Å². The van der Waals surface area contributed by atoms with Gasteiger partial charge in [0.25, 0.3) is 0 Å². The second kappa shape index (κ2) is 15.2. The number of rotatable bonds is 15. The van der Waals surface area contributed by atoms with Crippen LogP contribution in [-0.4, -0.2) is 36.0 Å². The maximum Gasteiger partial charge on any atom is 0.343 e. The van der Waals surface area contributed by atoms with Crippen LogP contribution >= 0.6 is 0 Å². The first-order chi connectivity index (χ1) is 19.3. The highest BCUT2D eigenvalue weighted by Gasteiger charge is 2.15. The fraction of sp³-hybridized carbons (Fsp3) is 0.281. The maximum absolute atomic E-state index is 12.6. The van der Waals surface area contributed by atoms with E-state index in [1.54, 1.807) is 31.2 Å². The molecule has 3 aromatic carbocycles. The molecule has 210 valence electrons. The molecular formula is C32H34O8. The van der Waals surface area contributed by atoms with E-state index in [1.165, 1.54) is 55.3 Å². The van der Waals surface area contributed by atoms with Crippen LogP contribution in [0.1, 0.15) is 65.8 Å². The topological polar surface area (TPSA) is 108 Å². The highest BCUT2D eigenvalue weighted by atomic mass is 16.5. The van der Waals surface area contributed by atoms with Crippen LogP contribution in [0, 0.1) is 0 Å². The van der Waals surface area contributed by atoms with E-state index < -0.39 is 18.5 Å². The number of carbonyl (C=O) groups is 3. The second-order valence-electron chi connectivity index (χ2n) is 9.16. The van der Waals surface area contributed by atoms with Gasteiger partial charge in [0.2, 0.25) is 0 Å².